The number of amides is 1. The highest BCUT2D eigenvalue weighted by molar-refractivity contribution is 5.95. The standard InChI is InChI=1S/C16H18N4O3/c1-3-23-16(22)14-12-10-20(9-6-13(12)19(2)18-14)15(21)11-4-7-17-8-5-11/h4-5,7-8H,3,6,9-10H2,1-2H3. The fourth-order valence-electron chi connectivity index (χ4n) is 2.81. The predicted molar refractivity (Wildman–Crippen MR) is 81.8 cm³/mol. The van der Waals surface area contributed by atoms with Gasteiger partial charge in [-0.3, -0.25) is 14.5 Å². The summed E-state index contributed by atoms with van der Waals surface area (Å²) in [4.78, 5) is 30.3. The van der Waals surface area contributed by atoms with E-state index in [0.717, 1.165) is 11.3 Å². The van der Waals surface area contributed by atoms with E-state index < -0.39 is 5.97 Å². The Bertz CT molecular complexity index is 739. The van der Waals surface area contributed by atoms with Gasteiger partial charge in [0.1, 0.15) is 0 Å². The number of pyridine rings is 1. The molecule has 2 aromatic heterocycles. The van der Waals surface area contributed by atoms with E-state index >= 15 is 0 Å². The maximum Gasteiger partial charge on any atom is 0.359 e. The number of nitrogens with zero attached hydrogens (tertiary/aromatic N) is 4. The maximum atomic E-state index is 12.6. The molecule has 3 rings (SSSR count). The van der Waals surface area contributed by atoms with E-state index in [4.69, 9.17) is 4.74 Å². The molecule has 3 heterocycles. The minimum absolute atomic E-state index is 0.0725. The lowest BCUT2D eigenvalue weighted by Gasteiger charge is -2.27. The van der Waals surface area contributed by atoms with Gasteiger partial charge in [-0.25, -0.2) is 4.79 Å². The van der Waals surface area contributed by atoms with Crippen molar-refractivity contribution < 1.29 is 14.3 Å². The summed E-state index contributed by atoms with van der Waals surface area (Å²) < 4.78 is 6.77. The van der Waals surface area contributed by atoms with E-state index in [1.165, 1.54) is 0 Å². The molecule has 0 fully saturated rings. The quantitative estimate of drug-likeness (QED) is 0.795. The molecule has 7 heteroatoms. The highest BCUT2D eigenvalue weighted by Crippen LogP contribution is 2.24. The first-order valence-corrected chi connectivity index (χ1v) is 7.53. The van der Waals surface area contributed by atoms with Crippen molar-refractivity contribution in [3.63, 3.8) is 0 Å². The van der Waals surface area contributed by atoms with Crippen LogP contribution in [0.5, 0.6) is 0 Å². The molecule has 0 spiro atoms. The fourth-order valence-corrected chi connectivity index (χ4v) is 2.81. The number of aromatic nitrogens is 3. The molecular weight excluding hydrogens is 296 g/mol. The van der Waals surface area contributed by atoms with Crippen LogP contribution in [-0.2, 0) is 24.8 Å². The van der Waals surface area contributed by atoms with Crippen molar-refractivity contribution in [1.82, 2.24) is 19.7 Å². The normalized spacial score (nSPS) is 13.6. The third kappa shape index (κ3) is 2.81. The molecule has 7 nitrogen and oxygen atoms in total. The van der Waals surface area contributed by atoms with Crippen LogP contribution >= 0.6 is 0 Å². The summed E-state index contributed by atoms with van der Waals surface area (Å²) in [6.45, 7) is 3.00. The van der Waals surface area contributed by atoms with Crippen molar-refractivity contribution in [1.29, 1.82) is 0 Å². The van der Waals surface area contributed by atoms with Crippen molar-refractivity contribution in [2.45, 2.75) is 19.9 Å². The first-order chi connectivity index (χ1) is 11.1. The average molecular weight is 314 g/mol. The topological polar surface area (TPSA) is 77.3 Å². The van der Waals surface area contributed by atoms with Crippen LogP contribution < -0.4 is 0 Å². The van der Waals surface area contributed by atoms with Gasteiger partial charge in [-0.2, -0.15) is 5.10 Å². The Hall–Kier alpha value is -2.70. The van der Waals surface area contributed by atoms with Gasteiger partial charge in [-0.05, 0) is 19.1 Å². The van der Waals surface area contributed by atoms with Gasteiger partial charge in [0.2, 0.25) is 0 Å². The zero-order valence-corrected chi connectivity index (χ0v) is 13.2. The monoisotopic (exact) mass is 314 g/mol. The molecular formula is C16H18N4O3. The van der Waals surface area contributed by atoms with Gasteiger partial charge in [0, 0.05) is 49.2 Å². The molecule has 2 aromatic rings. The molecule has 0 aromatic carbocycles. The van der Waals surface area contributed by atoms with Gasteiger partial charge in [0.15, 0.2) is 5.69 Å². The molecule has 0 saturated heterocycles. The number of aryl methyl sites for hydroxylation is 1. The Kier molecular flexibility index (Phi) is 4.10. The molecule has 0 aliphatic carbocycles. The van der Waals surface area contributed by atoms with Crippen LogP contribution in [0.1, 0.15) is 39.0 Å². The van der Waals surface area contributed by atoms with Crippen molar-refractivity contribution in [2.24, 2.45) is 7.05 Å². The second-order valence-electron chi connectivity index (χ2n) is 5.33. The van der Waals surface area contributed by atoms with E-state index in [0.29, 0.717) is 37.4 Å². The van der Waals surface area contributed by atoms with Crippen LogP contribution in [0.3, 0.4) is 0 Å². The summed E-state index contributed by atoms with van der Waals surface area (Å²) in [7, 11) is 1.81. The minimum atomic E-state index is -0.442. The number of hydrogen-bond acceptors (Lipinski definition) is 5. The lowest BCUT2D eigenvalue weighted by atomic mass is 10.0. The zero-order chi connectivity index (χ0) is 16.4. The number of hydrogen-bond donors (Lipinski definition) is 0. The molecule has 0 N–H and O–H groups in total. The maximum absolute atomic E-state index is 12.6. The third-order valence-electron chi connectivity index (χ3n) is 3.93. The average Bonchev–Trinajstić information content (AvgIpc) is 2.92. The van der Waals surface area contributed by atoms with Gasteiger partial charge < -0.3 is 9.64 Å². The predicted octanol–water partition coefficient (Wildman–Crippen LogP) is 1.19. The smallest absolute Gasteiger partial charge is 0.359 e. The summed E-state index contributed by atoms with van der Waals surface area (Å²) in [5.74, 6) is -0.515. The number of carbonyl (C=O) groups is 2. The van der Waals surface area contributed by atoms with Gasteiger partial charge in [-0.15, -0.1) is 0 Å². The number of esters is 1. The molecule has 1 aliphatic rings. The van der Waals surface area contributed by atoms with Gasteiger partial charge in [0.25, 0.3) is 5.91 Å². The number of carbonyl (C=O) groups excluding carboxylic acids is 2. The highest BCUT2D eigenvalue weighted by atomic mass is 16.5. The molecule has 0 atom stereocenters. The second kappa shape index (κ2) is 6.20. The lowest BCUT2D eigenvalue weighted by molar-refractivity contribution is 0.0513. The van der Waals surface area contributed by atoms with Gasteiger partial charge >= 0.3 is 5.97 Å². The van der Waals surface area contributed by atoms with Gasteiger partial charge in [0.05, 0.1) is 13.2 Å². The first kappa shape index (κ1) is 15.2. The van der Waals surface area contributed by atoms with Crippen LogP contribution in [0.15, 0.2) is 24.5 Å². The van der Waals surface area contributed by atoms with Crippen molar-refractivity contribution >= 4 is 11.9 Å². The molecule has 0 saturated carbocycles. The van der Waals surface area contributed by atoms with E-state index in [2.05, 4.69) is 10.1 Å². The zero-order valence-electron chi connectivity index (χ0n) is 13.2. The molecule has 1 aliphatic heterocycles. The molecule has 23 heavy (non-hydrogen) atoms. The Labute approximate surface area is 133 Å². The molecule has 0 bridgehead atoms. The first-order valence-electron chi connectivity index (χ1n) is 7.53. The van der Waals surface area contributed by atoms with E-state index in [9.17, 15) is 9.59 Å². The number of rotatable bonds is 3. The van der Waals surface area contributed by atoms with Crippen molar-refractivity contribution in [3.8, 4) is 0 Å². The Balaban J connectivity index is 1.88. The minimum Gasteiger partial charge on any atom is -0.461 e. The SMILES string of the molecule is CCOC(=O)c1nn(C)c2c1CN(C(=O)c1ccncc1)CC2. The largest absolute Gasteiger partial charge is 0.461 e. The Morgan fingerprint density at radius 2 is 2.04 bits per heavy atom. The highest BCUT2D eigenvalue weighted by Gasteiger charge is 2.30. The third-order valence-corrected chi connectivity index (χ3v) is 3.93. The number of ether oxygens (including phenoxy) is 1. The van der Waals surface area contributed by atoms with Crippen molar-refractivity contribution in [3.05, 3.63) is 47.0 Å². The van der Waals surface area contributed by atoms with Crippen LogP contribution in [0.2, 0.25) is 0 Å². The van der Waals surface area contributed by atoms with Crippen LogP contribution in [0.4, 0.5) is 0 Å². The van der Waals surface area contributed by atoms with E-state index in [1.807, 2.05) is 7.05 Å². The van der Waals surface area contributed by atoms with Gasteiger partial charge in [-0.1, -0.05) is 0 Å². The van der Waals surface area contributed by atoms with Crippen LogP contribution in [0, 0.1) is 0 Å². The van der Waals surface area contributed by atoms with E-state index in [-0.39, 0.29) is 5.91 Å². The molecule has 120 valence electrons. The summed E-state index contributed by atoms with van der Waals surface area (Å²) in [5.41, 5.74) is 2.65. The summed E-state index contributed by atoms with van der Waals surface area (Å²) in [5, 5.41) is 4.27. The fraction of sp³-hybridized carbons (Fsp3) is 0.375. The summed E-state index contributed by atoms with van der Waals surface area (Å²) in [6.07, 6.45) is 3.85. The summed E-state index contributed by atoms with van der Waals surface area (Å²) in [6, 6.07) is 3.38. The van der Waals surface area contributed by atoms with Crippen molar-refractivity contribution in [2.75, 3.05) is 13.2 Å². The number of fused-ring (bicyclic) bond motifs is 1. The molecule has 1 amide bonds. The lowest BCUT2D eigenvalue weighted by Crippen LogP contribution is -2.36. The second-order valence-corrected chi connectivity index (χ2v) is 5.33. The Morgan fingerprint density at radius 3 is 2.74 bits per heavy atom. The van der Waals surface area contributed by atoms with E-state index in [1.54, 1.807) is 41.0 Å². The Morgan fingerprint density at radius 1 is 1.30 bits per heavy atom. The summed E-state index contributed by atoms with van der Waals surface area (Å²) >= 11 is 0. The molecule has 0 radical (unpaired) electrons. The molecule has 0 unspecified atom stereocenters. The van der Waals surface area contributed by atoms with Crippen LogP contribution in [0.25, 0.3) is 0 Å². The van der Waals surface area contributed by atoms with Crippen LogP contribution in [-0.4, -0.2) is 44.7 Å².